The van der Waals surface area contributed by atoms with Gasteiger partial charge in [-0.1, -0.05) is 59.4 Å². The normalized spacial score (nSPS) is 16.5. The minimum Gasteiger partial charge on any atom is -0.488 e. The van der Waals surface area contributed by atoms with Crippen LogP contribution in [0, 0.1) is 13.8 Å². The van der Waals surface area contributed by atoms with E-state index in [1.54, 1.807) is 4.90 Å². The maximum absolute atomic E-state index is 13.0. The second kappa shape index (κ2) is 9.45. The van der Waals surface area contributed by atoms with Gasteiger partial charge in [-0.2, -0.15) is 4.99 Å². The number of rotatable bonds is 6. The number of hydrogen-bond acceptors (Lipinski definition) is 7. The Balaban J connectivity index is 1.57. The molecule has 8 heteroatoms. The Kier molecular flexibility index (Phi) is 6.48. The zero-order valence-corrected chi connectivity index (χ0v) is 19.2. The van der Waals surface area contributed by atoms with E-state index in [2.05, 4.69) is 46.4 Å². The van der Waals surface area contributed by atoms with E-state index in [4.69, 9.17) is 4.74 Å². The highest BCUT2D eigenvalue weighted by atomic mass is 32.2. The second-order valence-corrected chi connectivity index (χ2v) is 9.14. The fourth-order valence-corrected chi connectivity index (χ4v) is 4.65. The summed E-state index contributed by atoms with van der Waals surface area (Å²) in [5, 5.41) is 10.0. The van der Waals surface area contributed by atoms with Crippen LogP contribution in [-0.4, -0.2) is 32.7 Å². The highest BCUT2D eigenvalue weighted by molar-refractivity contribution is 8.18. The van der Waals surface area contributed by atoms with Gasteiger partial charge >= 0.3 is 0 Å². The van der Waals surface area contributed by atoms with Crippen LogP contribution in [-0.2, 0) is 11.4 Å². The average molecular weight is 451 g/mol. The fourth-order valence-electron chi connectivity index (χ4n) is 3.00. The molecule has 6 nitrogen and oxygen atoms in total. The lowest BCUT2D eigenvalue weighted by Gasteiger charge is -2.11. The first-order valence-corrected chi connectivity index (χ1v) is 11.5. The molecule has 0 spiro atoms. The van der Waals surface area contributed by atoms with Gasteiger partial charge in [0.25, 0.3) is 5.91 Å². The van der Waals surface area contributed by atoms with E-state index in [1.165, 1.54) is 28.7 Å². The van der Waals surface area contributed by atoms with E-state index in [1.807, 2.05) is 44.2 Å². The Hall–Kier alpha value is -2.97. The number of hydrogen-bond donors (Lipinski definition) is 0. The van der Waals surface area contributed by atoms with E-state index in [-0.39, 0.29) is 5.91 Å². The zero-order valence-electron chi connectivity index (χ0n) is 17.5. The maximum atomic E-state index is 13.0. The first kappa shape index (κ1) is 21.3. The first-order chi connectivity index (χ1) is 15.0. The number of ether oxygens (including phenoxy) is 1. The number of likely N-dealkylation sites (N-methyl/N-ethyl adjacent to an activating group) is 1. The van der Waals surface area contributed by atoms with Gasteiger partial charge in [0.05, 0.1) is 4.91 Å². The van der Waals surface area contributed by atoms with E-state index < -0.39 is 0 Å². The van der Waals surface area contributed by atoms with Crippen LogP contribution < -0.4 is 4.74 Å². The van der Waals surface area contributed by atoms with Crippen molar-refractivity contribution in [2.45, 2.75) is 27.4 Å². The maximum Gasteiger partial charge on any atom is 0.266 e. The molecule has 0 radical (unpaired) electrons. The van der Waals surface area contributed by atoms with E-state index >= 15 is 0 Å². The Morgan fingerprint density at radius 1 is 1.10 bits per heavy atom. The molecule has 2 aromatic carbocycles. The smallest absolute Gasteiger partial charge is 0.266 e. The molecule has 1 aliphatic heterocycles. The van der Waals surface area contributed by atoms with Gasteiger partial charge < -0.3 is 4.74 Å². The number of carbonyl (C=O) groups is 1. The van der Waals surface area contributed by atoms with Crippen LogP contribution in [0.3, 0.4) is 0 Å². The van der Waals surface area contributed by atoms with Gasteiger partial charge in [-0.25, -0.2) is 0 Å². The van der Waals surface area contributed by atoms with Crippen molar-refractivity contribution in [3.05, 3.63) is 75.1 Å². The predicted molar refractivity (Wildman–Crippen MR) is 127 cm³/mol. The summed E-state index contributed by atoms with van der Waals surface area (Å²) in [6, 6.07) is 16.0. The molecule has 3 aromatic rings. The van der Waals surface area contributed by atoms with E-state index in [0.717, 1.165) is 21.9 Å². The van der Waals surface area contributed by atoms with Crippen molar-refractivity contribution in [3.8, 4) is 5.75 Å². The summed E-state index contributed by atoms with van der Waals surface area (Å²) in [5.41, 5.74) is 3.17. The van der Waals surface area contributed by atoms with Crippen LogP contribution in [0.1, 0.15) is 28.6 Å². The van der Waals surface area contributed by atoms with Crippen molar-refractivity contribution < 1.29 is 9.53 Å². The summed E-state index contributed by atoms with van der Waals surface area (Å²) in [6.45, 7) is 6.87. The minimum atomic E-state index is -0.0687. The third-order valence-electron chi connectivity index (χ3n) is 4.63. The highest BCUT2D eigenvalue weighted by Gasteiger charge is 2.32. The summed E-state index contributed by atoms with van der Waals surface area (Å²) in [4.78, 5) is 19.7. The lowest BCUT2D eigenvalue weighted by Crippen LogP contribution is -2.28. The van der Waals surface area contributed by atoms with Gasteiger partial charge in [0.15, 0.2) is 5.17 Å². The zero-order chi connectivity index (χ0) is 21.8. The van der Waals surface area contributed by atoms with Crippen LogP contribution in [0.25, 0.3) is 6.08 Å². The number of thioether (sulfide) groups is 1. The van der Waals surface area contributed by atoms with Crippen molar-refractivity contribution in [1.82, 2.24) is 15.1 Å². The number of aliphatic imine (C=N–C) groups is 1. The number of aromatic nitrogens is 2. The molecule has 1 saturated heterocycles. The molecule has 158 valence electrons. The van der Waals surface area contributed by atoms with Crippen molar-refractivity contribution >= 4 is 45.4 Å². The van der Waals surface area contributed by atoms with Crippen LogP contribution in [0.15, 0.2) is 58.4 Å². The SMILES string of the molecule is CCN1C(=O)/C(=C/c2ccccc2OCc2ccc(C)cc2)S/C1=N/c1nnc(C)s1. The molecule has 0 unspecified atom stereocenters. The number of amides is 1. The quantitative estimate of drug-likeness (QED) is 0.473. The second-order valence-electron chi connectivity index (χ2n) is 6.97. The number of nitrogens with zero attached hydrogens (tertiary/aromatic N) is 4. The van der Waals surface area contributed by atoms with Gasteiger partial charge in [-0.3, -0.25) is 9.69 Å². The largest absolute Gasteiger partial charge is 0.488 e. The first-order valence-electron chi connectivity index (χ1n) is 9.91. The lowest BCUT2D eigenvalue weighted by molar-refractivity contribution is -0.122. The molecule has 1 amide bonds. The highest BCUT2D eigenvalue weighted by Crippen LogP contribution is 2.35. The van der Waals surface area contributed by atoms with Gasteiger partial charge in [0.1, 0.15) is 17.4 Å². The van der Waals surface area contributed by atoms with E-state index in [0.29, 0.717) is 28.4 Å². The van der Waals surface area contributed by atoms with Gasteiger partial charge in [0, 0.05) is 12.1 Å². The Labute approximate surface area is 189 Å². The fraction of sp³-hybridized carbons (Fsp3) is 0.217. The molecule has 1 fully saturated rings. The van der Waals surface area contributed by atoms with Gasteiger partial charge in [-0.15, -0.1) is 10.2 Å². The molecule has 2 heterocycles. The molecule has 4 rings (SSSR count). The molecule has 0 N–H and O–H groups in total. The van der Waals surface area contributed by atoms with Gasteiger partial charge in [-0.05, 0) is 50.2 Å². The van der Waals surface area contributed by atoms with Crippen molar-refractivity contribution in [1.29, 1.82) is 0 Å². The van der Waals surface area contributed by atoms with Crippen LogP contribution in [0.4, 0.5) is 5.13 Å². The number of benzene rings is 2. The molecule has 0 bridgehead atoms. The van der Waals surface area contributed by atoms with Crippen LogP contribution >= 0.6 is 23.1 Å². The number of para-hydroxylation sites is 1. The lowest BCUT2D eigenvalue weighted by atomic mass is 10.1. The Morgan fingerprint density at radius 3 is 2.58 bits per heavy atom. The molecule has 0 aliphatic carbocycles. The van der Waals surface area contributed by atoms with Crippen LogP contribution in [0.5, 0.6) is 5.75 Å². The number of carbonyl (C=O) groups excluding carboxylic acids is 1. The molecule has 0 atom stereocenters. The number of aryl methyl sites for hydroxylation is 2. The summed E-state index contributed by atoms with van der Waals surface area (Å²) in [6.07, 6.45) is 1.87. The Bertz CT molecular complexity index is 1150. The molecule has 1 aliphatic rings. The average Bonchev–Trinajstić information content (AvgIpc) is 3.31. The summed E-state index contributed by atoms with van der Waals surface area (Å²) in [7, 11) is 0. The third-order valence-corrected chi connectivity index (χ3v) is 6.37. The molecular formula is C23H22N4O2S2. The standard InChI is InChI=1S/C23H22N4O2S2/c1-4-27-21(28)20(31-23(27)24-22-26-25-16(3)30-22)13-18-7-5-6-8-19(18)29-14-17-11-9-15(2)10-12-17/h5-13H,4,14H2,1-3H3/b20-13-,24-23+. The molecule has 31 heavy (non-hydrogen) atoms. The van der Waals surface area contributed by atoms with Crippen LogP contribution in [0.2, 0.25) is 0 Å². The molecular weight excluding hydrogens is 428 g/mol. The van der Waals surface area contributed by atoms with E-state index in [9.17, 15) is 4.79 Å². The topological polar surface area (TPSA) is 67.7 Å². The van der Waals surface area contributed by atoms with Crippen molar-refractivity contribution in [2.24, 2.45) is 4.99 Å². The molecule has 1 aromatic heterocycles. The minimum absolute atomic E-state index is 0.0687. The van der Waals surface area contributed by atoms with Crippen molar-refractivity contribution in [3.63, 3.8) is 0 Å². The Morgan fingerprint density at radius 2 is 1.87 bits per heavy atom. The summed E-state index contributed by atoms with van der Waals surface area (Å²) < 4.78 is 6.06. The monoisotopic (exact) mass is 450 g/mol. The number of amidine groups is 1. The van der Waals surface area contributed by atoms with Crippen molar-refractivity contribution in [2.75, 3.05) is 6.54 Å². The van der Waals surface area contributed by atoms with Gasteiger partial charge in [0.2, 0.25) is 5.13 Å². The summed E-state index contributed by atoms with van der Waals surface area (Å²) in [5.74, 6) is 0.665. The molecule has 0 saturated carbocycles. The summed E-state index contributed by atoms with van der Waals surface area (Å²) >= 11 is 2.75. The predicted octanol–water partition coefficient (Wildman–Crippen LogP) is 5.36. The third kappa shape index (κ3) is 5.03.